The van der Waals surface area contributed by atoms with Crippen molar-refractivity contribution < 1.29 is 19.8 Å². The third-order valence-corrected chi connectivity index (χ3v) is 4.45. The molecule has 1 aromatic carbocycles. The maximum Gasteiger partial charge on any atom is 0.336 e. The molecule has 0 aromatic heterocycles. The minimum absolute atomic E-state index is 0.123. The van der Waals surface area contributed by atoms with Crippen molar-refractivity contribution in [2.24, 2.45) is 0 Å². The van der Waals surface area contributed by atoms with Gasteiger partial charge in [0.05, 0.1) is 11.1 Å². The van der Waals surface area contributed by atoms with Crippen LogP contribution in [-0.4, -0.2) is 22.2 Å². The highest BCUT2D eigenvalue weighted by Gasteiger charge is 2.38. The van der Waals surface area contributed by atoms with E-state index in [1.807, 2.05) is 0 Å². The number of carbonyl (C=O) groups is 2. The average Bonchev–Trinajstić information content (AvgIpc) is 2.33. The first-order valence-corrected chi connectivity index (χ1v) is 6.72. The molecule has 0 heterocycles. The molecule has 1 aliphatic carbocycles. The number of carboxylic acid groups (broad SMARTS) is 2. The molecule has 0 unspecified atom stereocenters. The third kappa shape index (κ3) is 2.19. The average molecular weight is 276 g/mol. The van der Waals surface area contributed by atoms with E-state index in [9.17, 15) is 19.8 Å². The Balaban J connectivity index is 2.81. The maximum absolute atomic E-state index is 11.3. The topological polar surface area (TPSA) is 74.6 Å². The summed E-state index contributed by atoms with van der Waals surface area (Å²) in [7, 11) is 0. The van der Waals surface area contributed by atoms with Crippen molar-refractivity contribution in [2.75, 3.05) is 0 Å². The molecule has 0 saturated carbocycles. The van der Waals surface area contributed by atoms with Gasteiger partial charge in [-0.3, -0.25) is 0 Å². The number of fused-ring (bicyclic) bond motifs is 1. The summed E-state index contributed by atoms with van der Waals surface area (Å²) in [5, 5.41) is 18.5. The summed E-state index contributed by atoms with van der Waals surface area (Å²) >= 11 is 0. The van der Waals surface area contributed by atoms with Crippen LogP contribution in [0.1, 0.15) is 72.4 Å². The van der Waals surface area contributed by atoms with Crippen LogP contribution in [0.15, 0.2) is 12.1 Å². The monoisotopic (exact) mass is 276 g/mol. The Kier molecular flexibility index (Phi) is 3.16. The van der Waals surface area contributed by atoms with E-state index >= 15 is 0 Å². The summed E-state index contributed by atoms with van der Waals surface area (Å²) in [5.41, 5.74) is 1.40. The van der Waals surface area contributed by atoms with E-state index in [1.54, 1.807) is 12.1 Å². The molecule has 1 aromatic rings. The van der Waals surface area contributed by atoms with Gasteiger partial charge < -0.3 is 10.2 Å². The Morgan fingerprint density at radius 1 is 0.850 bits per heavy atom. The largest absolute Gasteiger partial charge is 0.478 e. The molecule has 2 rings (SSSR count). The molecule has 0 spiro atoms. The zero-order valence-corrected chi connectivity index (χ0v) is 12.3. The van der Waals surface area contributed by atoms with E-state index in [0.717, 1.165) is 24.0 Å². The van der Waals surface area contributed by atoms with Crippen LogP contribution in [0.3, 0.4) is 0 Å². The molecule has 4 nitrogen and oxygen atoms in total. The zero-order valence-electron chi connectivity index (χ0n) is 12.3. The minimum atomic E-state index is -1.19. The third-order valence-electron chi connectivity index (χ3n) is 4.45. The molecule has 1 aliphatic rings. The standard InChI is InChI=1S/C16H20O4/c1-15(2)5-6-16(3,4)12-8-10(14(19)20)9(13(17)18)7-11(12)15/h7-8H,5-6H2,1-4H3,(H,17,18)(H,19,20). The predicted octanol–water partition coefficient (Wildman–Crippen LogP) is 3.43. The van der Waals surface area contributed by atoms with Crippen LogP contribution in [0.4, 0.5) is 0 Å². The van der Waals surface area contributed by atoms with Gasteiger partial charge in [-0.25, -0.2) is 9.59 Å². The van der Waals surface area contributed by atoms with E-state index in [2.05, 4.69) is 27.7 Å². The smallest absolute Gasteiger partial charge is 0.336 e. The summed E-state index contributed by atoms with van der Waals surface area (Å²) in [4.78, 5) is 22.6. The highest BCUT2D eigenvalue weighted by molar-refractivity contribution is 6.02. The normalized spacial score (nSPS) is 19.2. The first-order valence-electron chi connectivity index (χ1n) is 6.72. The molecule has 0 bridgehead atoms. The number of hydrogen-bond acceptors (Lipinski definition) is 2. The SMILES string of the molecule is CC1(C)CCC(C)(C)c2cc(C(=O)O)c(C(=O)O)cc21. The van der Waals surface area contributed by atoms with Gasteiger partial charge in [-0.2, -0.15) is 0 Å². The van der Waals surface area contributed by atoms with Crippen molar-refractivity contribution >= 4 is 11.9 Å². The summed E-state index contributed by atoms with van der Waals surface area (Å²) in [5.74, 6) is -2.38. The first-order chi connectivity index (χ1) is 9.06. The van der Waals surface area contributed by atoms with Gasteiger partial charge in [-0.05, 0) is 46.9 Å². The summed E-state index contributed by atoms with van der Waals surface area (Å²) in [6.45, 7) is 8.31. The summed E-state index contributed by atoms with van der Waals surface area (Å²) < 4.78 is 0. The lowest BCUT2D eigenvalue weighted by Gasteiger charge is -2.42. The number of carboxylic acids is 2. The van der Waals surface area contributed by atoms with Gasteiger partial charge in [0.2, 0.25) is 0 Å². The van der Waals surface area contributed by atoms with Gasteiger partial charge in [0.15, 0.2) is 0 Å². The lowest BCUT2D eigenvalue weighted by Crippen LogP contribution is -2.34. The fraction of sp³-hybridized carbons (Fsp3) is 0.500. The van der Waals surface area contributed by atoms with Crippen molar-refractivity contribution in [1.82, 2.24) is 0 Å². The first kappa shape index (κ1) is 14.6. The van der Waals surface area contributed by atoms with Crippen LogP contribution in [-0.2, 0) is 10.8 Å². The van der Waals surface area contributed by atoms with Crippen molar-refractivity contribution in [2.45, 2.75) is 51.4 Å². The molecule has 0 atom stereocenters. The molecule has 108 valence electrons. The fourth-order valence-corrected chi connectivity index (χ4v) is 2.97. The van der Waals surface area contributed by atoms with Crippen LogP contribution in [0, 0.1) is 0 Å². The van der Waals surface area contributed by atoms with Crippen molar-refractivity contribution in [1.29, 1.82) is 0 Å². The molecular formula is C16H20O4. The van der Waals surface area contributed by atoms with E-state index in [4.69, 9.17) is 0 Å². The predicted molar refractivity (Wildman–Crippen MR) is 75.6 cm³/mol. The van der Waals surface area contributed by atoms with Crippen molar-refractivity contribution in [3.63, 3.8) is 0 Å². The maximum atomic E-state index is 11.3. The van der Waals surface area contributed by atoms with Crippen LogP contribution in [0.5, 0.6) is 0 Å². The van der Waals surface area contributed by atoms with Crippen LogP contribution in [0.25, 0.3) is 0 Å². The lowest BCUT2D eigenvalue weighted by molar-refractivity contribution is 0.0651. The molecule has 0 saturated heterocycles. The van der Waals surface area contributed by atoms with Gasteiger partial charge in [-0.1, -0.05) is 27.7 Å². The molecule has 20 heavy (non-hydrogen) atoms. The Labute approximate surface area is 118 Å². The van der Waals surface area contributed by atoms with E-state index < -0.39 is 11.9 Å². The summed E-state index contributed by atoms with van der Waals surface area (Å²) in [6, 6.07) is 3.12. The molecule has 2 N–H and O–H groups in total. The van der Waals surface area contributed by atoms with Crippen molar-refractivity contribution in [3.05, 3.63) is 34.4 Å². The number of benzene rings is 1. The molecule has 0 aliphatic heterocycles. The van der Waals surface area contributed by atoms with Gasteiger partial charge in [0, 0.05) is 0 Å². The van der Waals surface area contributed by atoms with Crippen LogP contribution < -0.4 is 0 Å². The summed E-state index contributed by atoms with van der Waals surface area (Å²) in [6.07, 6.45) is 1.91. The Bertz CT molecular complexity index is 544. The highest BCUT2D eigenvalue weighted by atomic mass is 16.4. The fourth-order valence-electron chi connectivity index (χ4n) is 2.97. The van der Waals surface area contributed by atoms with E-state index in [1.165, 1.54) is 0 Å². The molecule has 4 heteroatoms. The Morgan fingerprint density at radius 3 is 1.40 bits per heavy atom. The van der Waals surface area contributed by atoms with Gasteiger partial charge in [0.25, 0.3) is 0 Å². The molecular weight excluding hydrogens is 256 g/mol. The molecule has 0 amide bonds. The van der Waals surface area contributed by atoms with Gasteiger partial charge >= 0.3 is 11.9 Å². The second kappa shape index (κ2) is 4.33. The highest BCUT2D eigenvalue weighted by Crippen LogP contribution is 2.46. The second-order valence-corrected chi connectivity index (χ2v) is 6.82. The quantitative estimate of drug-likeness (QED) is 0.867. The number of hydrogen-bond donors (Lipinski definition) is 2. The van der Waals surface area contributed by atoms with Crippen LogP contribution in [0.2, 0.25) is 0 Å². The lowest BCUT2D eigenvalue weighted by atomic mass is 9.62. The van der Waals surface area contributed by atoms with Crippen LogP contribution >= 0.6 is 0 Å². The van der Waals surface area contributed by atoms with Crippen molar-refractivity contribution in [3.8, 4) is 0 Å². The van der Waals surface area contributed by atoms with Gasteiger partial charge in [0.1, 0.15) is 0 Å². The zero-order chi connectivity index (χ0) is 15.3. The van der Waals surface area contributed by atoms with Gasteiger partial charge in [-0.15, -0.1) is 0 Å². The second-order valence-electron chi connectivity index (χ2n) is 6.82. The van der Waals surface area contributed by atoms with E-state index in [0.29, 0.717) is 0 Å². The number of rotatable bonds is 2. The van der Waals surface area contributed by atoms with E-state index in [-0.39, 0.29) is 22.0 Å². The minimum Gasteiger partial charge on any atom is -0.478 e. The molecule has 0 radical (unpaired) electrons. The Morgan fingerprint density at radius 2 is 1.15 bits per heavy atom. The number of aromatic carboxylic acids is 2. The Hall–Kier alpha value is -1.84. The molecule has 0 fully saturated rings.